The van der Waals surface area contributed by atoms with Gasteiger partial charge in [0.25, 0.3) is 0 Å². The van der Waals surface area contributed by atoms with Gasteiger partial charge >= 0.3 is 5.97 Å². The van der Waals surface area contributed by atoms with Gasteiger partial charge in [0.15, 0.2) is 11.1 Å². The van der Waals surface area contributed by atoms with Gasteiger partial charge in [0.1, 0.15) is 5.75 Å². The molecule has 0 aliphatic heterocycles. The molecule has 0 bridgehead atoms. The van der Waals surface area contributed by atoms with E-state index in [2.05, 4.69) is 5.10 Å². The van der Waals surface area contributed by atoms with Crippen molar-refractivity contribution in [3.05, 3.63) is 58.7 Å². The maximum Gasteiger partial charge on any atom is 0.303 e. The Bertz CT molecular complexity index is 1050. The molecule has 28 heavy (non-hydrogen) atoms. The summed E-state index contributed by atoms with van der Waals surface area (Å²) in [5, 5.41) is 5.01. The van der Waals surface area contributed by atoms with Crippen LogP contribution in [0.15, 0.2) is 53.4 Å². The lowest BCUT2D eigenvalue weighted by molar-refractivity contribution is -0.138. The van der Waals surface area contributed by atoms with Gasteiger partial charge in [-0.15, -0.1) is 0 Å². The van der Waals surface area contributed by atoms with E-state index in [1.54, 1.807) is 47.1 Å². The number of benzene rings is 2. The Labute approximate surface area is 174 Å². The number of aromatic nitrogens is 2. The summed E-state index contributed by atoms with van der Waals surface area (Å²) in [6, 6.07) is 14.0. The number of methoxy groups -OCH3 is 1. The van der Waals surface area contributed by atoms with Crippen molar-refractivity contribution < 1.29 is 18.5 Å². The summed E-state index contributed by atoms with van der Waals surface area (Å²) < 4.78 is 24.4. The Morgan fingerprint density at radius 3 is 2.61 bits per heavy atom. The second kappa shape index (κ2) is 8.77. The average molecular weight is 439 g/mol. The van der Waals surface area contributed by atoms with E-state index in [4.69, 9.17) is 32.7 Å². The largest absolute Gasteiger partial charge is 0.495 e. The first-order chi connectivity index (χ1) is 13.4. The molecule has 3 rings (SSSR count). The Kier molecular flexibility index (Phi) is 6.39. The second-order valence-corrected chi connectivity index (χ2v) is 7.84. The van der Waals surface area contributed by atoms with E-state index in [1.165, 1.54) is 14.0 Å². The summed E-state index contributed by atoms with van der Waals surface area (Å²) >= 11 is 12.4. The maximum atomic E-state index is 12.7. The van der Waals surface area contributed by atoms with E-state index in [0.717, 1.165) is 0 Å². The number of nitrogens with zero attached hydrogens (tertiary/aromatic N) is 2. The number of rotatable bonds is 6. The van der Waals surface area contributed by atoms with Crippen LogP contribution in [0, 0.1) is 0 Å². The van der Waals surface area contributed by atoms with E-state index in [0.29, 0.717) is 32.6 Å². The van der Waals surface area contributed by atoms with Gasteiger partial charge in [-0.3, -0.25) is 9.00 Å². The molecule has 6 nitrogen and oxygen atoms in total. The number of hydrogen-bond donors (Lipinski definition) is 0. The smallest absolute Gasteiger partial charge is 0.303 e. The highest BCUT2D eigenvalue weighted by atomic mass is 35.5. The Balaban J connectivity index is 2.08. The predicted octanol–water partition coefficient (Wildman–Crippen LogP) is 4.48. The molecule has 0 amide bonds. The first-order valence-corrected chi connectivity index (χ1v) is 10.2. The zero-order valence-electron chi connectivity index (χ0n) is 15.0. The predicted molar refractivity (Wildman–Crippen MR) is 109 cm³/mol. The molecule has 146 valence electrons. The monoisotopic (exact) mass is 438 g/mol. The third kappa shape index (κ3) is 4.38. The van der Waals surface area contributed by atoms with Crippen molar-refractivity contribution in [3.63, 3.8) is 0 Å². The molecule has 0 saturated carbocycles. The molecule has 0 N–H and O–H groups in total. The molecule has 1 heterocycles. The van der Waals surface area contributed by atoms with Crippen LogP contribution in [0.4, 0.5) is 0 Å². The molecule has 0 saturated heterocycles. The lowest BCUT2D eigenvalue weighted by Crippen LogP contribution is -2.08. The molecule has 0 spiro atoms. The van der Waals surface area contributed by atoms with Crippen LogP contribution in [0.25, 0.3) is 16.9 Å². The number of carbonyl (C=O) groups excluding carboxylic acids is 1. The Hall–Kier alpha value is -2.35. The minimum absolute atomic E-state index is 0.234. The topological polar surface area (TPSA) is 70.4 Å². The van der Waals surface area contributed by atoms with Gasteiger partial charge in [0.05, 0.1) is 39.2 Å². The highest BCUT2D eigenvalue weighted by molar-refractivity contribution is 7.85. The second-order valence-electron chi connectivity index (χ2n) is 5.68. The minimum Gasteiger partial charge on any atom is -0.495 e. The number of ether oxygens (including phenoxy) is 2. The van der Waals surface area contributed by atoms with Crippen LogP contribution in [0.1, 0.15) is 6.92 Å². The molecule has 1 unspecified atom stereocenters. The van der Waals surface area contributed by atoms with Gasteiger partial charge in [-0.05, 0) is 24.3 Å². The SMILES string of the molecule is COc1ccc(-n2nc(Cl)cc2-c2ccccc2S(=O)COC(C)=O)cc1Cl. The fourth-order valence-corrected chi connectivity index (χ4v) is 4.08. The quantitative estimate of drug-likeness (QED) is 0.530. The van der Waals surface area contributed by atoms with E-state index in [1.807, 2.05) is 6.07 Å². The number of halogens is 2. The van der Waals surface area contributed by atoms with Gasteiger partial charge in [-0.2, -0.15) is 5.10 Å². The van der Waals surface area contributed by atoms with E-state index in [-0.39, 0.29) is 11.1 Å². The van der Waals surface area contributed by atoms with Gasteiger partial charge in [0, 0.05) is 18.6 Å². The van der Waals surface area contributed by atoms with Gasteiger partial charge in [0.2, 0.25) is 0 Å². The standard InChI is InChI=1S/C19H16Cl2N2O4S/c1-12(24)27-11-28(25)18-6-4-3-5-14(18)16-10-19(21)22-23(16)13-7-8-17(26-2)15(20)9-13/h3-10H,11H2,1-2H3. The lowest BCUT2D eigenvalue weighted by atomic mass is 10.1. The summed E-state index contributed by atoms with van der Waals surface area (Å²) in [4.78, 5) is 11.6. The van der Waals surface area contributed by atoms with Crippen LogP contribution in [0.3, 0.4) is 0 Å². The van der Waals surface area contributed by atoms with Crippen LogP contribution in [-0.4, -0.2) is 33.0 Å². The van der Waals surface area contributed by atoms with Crippen molar-refractivity contribution in [1.82, 2.24) is 9.78 Å². The van der Waals surface area contributed by atoms with Gasteiger partial charge in [-0.25, -0.2) is 4.68 Å². The highest BCUT2D eigenvalue weighted by Crippen LogP contribution is 2.33. The molecule has 0 aliphatic carbocycles. The molecule has 3 aromatic rings. The van der Waals surface area contributed by atoms with E-state index >= 15 is 0 Å². The average Bonchev–Trinajstić information content (AvgIpc) is 3.07. The molecule has 1 aromatic heterocycles. The summed E-state index contributed by atoms with van der Waals surface area (Å²) in [7, 11) is -0.0207. The molecular formula is C19H16Cl2N2O4S. The van der Waals surface area contributed by atoms with Crippen LogP contribution in [0.5, 0.6) is 5.75 Å². The van der Waals surface area contributed by atoms with Crippen LogP contribution >= 0.6 is 23.2 Å². The first-order valence-electron chi connectivity index (χ1n) is 8.11. The number of carbonyl (C=O) groups is 1. The van der Waals surface area contributed by atoms with Crippen LogP contribution < -0.4 is 4.74 Å². The molecule has 0 aliphatic rings. The summed E-state index contributed by atoms with van der Waals surface area (Å²) in [5.41, 5.74) is 1.94. The third-order valence-electron chi connectivity index (χ3n) is 3.84. The number of hydrogen-bond acceptors (Lipinski definition) is 5. The van der Waals surface area contributed by atoms with Gasteiger partial charge in [-0.1, -0.05) is 41.4 Å². The summed E-state index contributed by atoms with van der Waals surface area (Å²) in [5.74, 6) is -0.192. The van der Waals surface area contributed by atoms with Gasteiger partial charge < -0.3 is 9.47 Å². The Morgan fingerprint density at radius 2 is 1.93 bits per heavy atom. The van der Waals surface area contributed by atoms with Crippen molar-refractivity contribution in [1.29, 1.82) is 0 Å². The normalized spacial score (nSPS) is 11.9. The van der Waals surface area contributed by atoms with Crippen molar-refractivity contribution >= 4 is 40.0 Å². The third-order valence-corrected chi connectivity index (χ3v) is 5.50. The lowest BCUT2D eigenvalue weighted by Gasteiger charge is -2.13. The molecular weight excluding hydrogens is 423 g/mol. The van der Waals surface area contributed by atoms with Crippen molar-refractivity contribution in [3.8, 4) is 22.7 Å². The molecule has 0 radical (unpaired) electrons. The fourth-order valence-electron chi connectivity index (χ4n) is 2.60. The van der Waals surface area contributed by atoms with Crippen molar-refractivity contribution in [2.75, 3.05) is 13.0 Å². The van der Waals surface area contributed by atoms with E-state index in [9.17, 15) is 9.00 Å². The minimum atomic E-state index is -1.55. The Morgan fingerprint density at radius 1 is 1.18 bits per heavy atom. The number of esters is 1. The maximum absolute atomic E-state index is 12.7. The van der Waals surface area contributed by atoms with Crippen LogP contribution in [0.2, 0.25) is 10.2 Å². The molecule has 0 fully saturated rings. The summed E-state index contributed by atoms with van der Waals surface area (Å²) in [6.07, 6.45) is 0. The van der Waals surface area contributed by atoms with E-state index < -0.39 is 16.8 Å². The molecule has 9 heteroatoms. The van der Waals surface area contributed by atoms with Crippen LogP contribution in [-0.2, 0) is 20.3 Å². The first kappa shape index (κ1) is 20.4. The molecule has 2 aromatic carbocycles. The zero-order chi connectivity index (χ0) is 20.3. The highest BCUT2D eigenvalue weighted by Gasteiger charge is 2.18. The van der Waals surface area contributed by atoms with Crippen molar-refractivity contribution in [2.24, 2.45) is 0 Å². The zero-order valence-corrected chi connectivity index (χ0v) is 17.3. The summed E-state index contributed by atoms with van der Waals surface area (Å²) in [6.45, 7) is 1.27. The fraction of sp³-hybridized carbons (Fsp3) is 0.158. The molecule has 1 atom stereocenters. The van der Waals surface area contributed by atoms with Crippen molar-refractivity contribution in [2.45, 2.75) is 11.8 Å².